The van der Waals surface area contributed by atoms with Gasteiger partial charge in [0.15, 0.2) is 6.10 Å². The van der Waals surface area contributed by atoms with Gasteiger partial charge in [-0.1, -0.05) is 44.2 Å². The van der Waals surface area contributed by atoms with Crippen molar-refractivity contribution in [3.8, 4) is 11.5 Å². The molecule has 1 aromatic rings. The van der Waals surface area contributed by atoms with Crippen molar-refractivity contribution in [2.24, 2.45) is 17.6 Å². The van der Waals surface area contributed by atoms with Crippen molar-refractivity contribution < 1.29 is 43.5 Å². The Bertz CT molecular complexity index is 1320. The third-order valence-corrected chi connectivity index (χ3v) is 7.61. The van der Waals surface area contributed by atoms with Gasteiger partial charge in [-0.3, -0.25) is 9.59 Å². The van der Waals surface area contributed by atoms with Gasteiger partial charge in [0.1, 0.15) is 17.6 Å². The number of benzene rings is 1. The summed E-state index contributed by atoms with van der Waals surface area (Å²) in [6, 6.07) is 1.43. The third-order valence-electron chi connectivity index (χ3n) is 7.61. The highest BCUT2D eigenvalue weighted by Crippen LogP contribution is 2.43. The summed E-state index contributed by atoms with van der Waals surface area (Å²) in [4.78, 5) is 37.5. The molecule has 0 aromatic heterocycles. The van der Waals surface area contributed by atoms with Crippen LogP contribution in [0.5, 0.6) is 11.5 Å². The molecule has 3 amide bonds. The molecule has 0 unspecified atom stereocenters. The molecule has 1 heterocycles. The first-order chi connectivity index (χ1) is 21.3. The zero-order chi connectivity index (χ0) is 33.8. The zero-order valence-electron chi connectivity index (χ0n) is 27.1. The molecule has 1 aliphatic rings. The van der Waals surface area contributed by atoms with E-state index in [9.17, 15) is 24.6 Å². The molecule has 248 valence electrons. The quantitative estimate of drug-likeness (QED) is 0.166. The van der Waals surface area contributed by atoms with E-state index in [1.807, 2.05) is 13.8 Å². The van der Waals surface area contributed by atoms with E-state index in [4.69, 9.17) is 24.7 Å². The minimum absolute atomic E-state index is 0.0406. The van der Waals surface area contributed by atoms with Gasteiger partial charge in [-0.2, -0.15) is 0 Å². The van der Waals surface area contributed by atoms with E-state index in [0.717, 1.165) is 0 Å². The number of aliphatic hydroxyl groups excluding tert-OH is 1. The molecule has 0 spiro atoms. The fourth-order valence-corrected chi connectivity index (χ4v) is 5.26. The molecule has 0 saturated carbocycles. The Labute approximate surface area is 264 Å². The summed E-state index contributed by atoms with van der Waals surface area (Å²) < 4.78 is 22.3. The lowest BCUT2D eigenvalue weighted by Crippen LogP contribution is -2.37. The highest BCUT2D eigenvalue weighted by atomic mass is 16.6. The number of phenolic OH excluding ortho intramolecular Hbond substituents is 1. The Balaban J connectivity index is 2.73. The molecule has 2 bridgehead atoms. The van der Waals surface area contributed by atoms with Gasteiger partial charge in [-0.05, 0) is 44.2 Å². The fourth-order valence-electron chi connectivity index (χ4n) is 5.26. The lowest BCUT2D eigenvalue weighted by Gasteiger charge is -2.29. The van der Waals surface area contributed by atoms with Gasteiger partial charge in [0, 0.05) is 37.7 Å². The van der Waals surface area contributed by atoms with Crippen molar-refractivity contribution in [1.29, 1.82) is 0 Å². The van der Waals surface area contributed by atoms with Crippen LogP contribution in [-0.2, 0) is 30.2 Å². The summed E-state index contributed by atoms with van der Waals surface area (Å²) in [5.41, 5.74) is 6.91. The van der Waals surface area contributed by atoms with E-state index in [1.165, 1.54) is 39.5 Å². The van der Waals surface area contributed by atoms with Crippen LogP contribution in [0.4, 0.5) is 16.2 Å². The number of amides is 3. The van der Waals surface area contributed by atoms with E-state index in [-0.39, 0.29) is 53.1 Å². The van der Waals surface area contributed by atoms with Crippen LogP contribution in [0.2, 0.25) is 0 Å². The maximum atomic E-state index is 13.2. The average Bonchev–Trinajstić information content (AvgIpc) is 2.98. The predicted octanol–water partition coefficient (Wildman–Crippen LogP) is 4.38. The van der Waals surface area contributed by atoms with E-state index in [0.29, 0.717) is 17.6 Å². The molecular formula is C33H47N3O9. The number of carbonyl (C=O) groups excluding carboxylic acids is 3. The molecular weight excluding hydrogens is 582 g/mol. The number of aromatic hydroxyl groups is 1. The number of nitrogens with one attached hydrogen (secondary N) is 2. The Kier molecular flexibility index (Phi) is 14.3. The molecule has 1 aliphatic heterocycles. The maximum absolute atomic E-state index is 13.2. The van der Waals surface area contributed by atoms with Gasteiger partial charge < -0.3 is 45.5 Å². The second-order valence-corrected chi connectivity index (χ2v) is 11.2. The number of aliphatic hydroxyl groups is 1. The Morgan fingerprint density at radius 1 is 1.20 bits per heavy atom. The Hall–Kier alpha value is -4.13. The van der Waals surface area contributed by atoms with Crippen LogP contribution in [0.1, 0.15) is 46.1 Å². The first-order valence-electron chi connectivity index (χ1n) is 14.7. The van der Waals surface area contributed by atoms with Gasteiger partial charge in [0.2, 0.25) is 5.91 Å². The largest absolute Gasteiger partial charge is 0.505 e. The van der Waals surface area contributed by atoms with Gasteiger partial charge in [0.25, 0.3) is 5.91 Å². The number of primary amides is 1. The normalized spacial score (nSPS) is 28.0. The van der Waals surface area contributed by atoms with Crippen molar-refractivity contribution in [3.05, 3.63) is 59.7 Å². The van der Waals surface area contributed by atoms with Gasteiger partial charge in [-0.15, -0.1) is 6.58 Å². The highest BCUT2D eigenvalue weighted by Gasteiger charge is 2.30. The molecule has 2 rings (SSSR count). The van der Waals surface area contributed by atoms with Crippen molar-refractivity contribution in [1.82, 2.24) is 0 Å². The summed E-state index contributed by atoms with van der Waals surface area (Å²) in [6.07, 6.45) is 4.33. The number of carbonyl (C=O) groups is 3. The van der Waals surface area contributed by atoms with Crippen LogP contribution in [0.15, 0.2) is 54.2 Å². The number of hydrogen-bond acceptors (Lipinski definition) is 9. The van der Waals surface area contributed by atoms with Crippen LogP contribution < -0.4 is 21.1 Å². The third kappa shape index (κ3) is 10.2. The number of ether oxygens (including phenoxy) is 4. The fraction of sp³-hybridized carbons (Fsp3) is 0.485. The van der Waals surface area contributed by atoms with Crippen molar-refractivity contribution in [3.63, 3.8) is 0 Å². The van der Waals surface area contributed by atoms with Crippen LogP contribution >= 0.6 is 0 Å². The van der Waals surface area contributed by atoms with Crippen LogP contribution in [0.25, 0.3) is 0 Å². The van der Waals surface area contributed by atoms with Crippen molar-refractivity contribution >= 4 is 29.3 Å². The van der Waals surface area contributed by atoms with E-state index in [1.54, 1.807) is 32.1 Å². The SMILES string of the molecule is C=CCC(=O)Nc1cc2c(O)c(c1OC)C[C@@H](C)C[C@H](OC)[C@H](O)[C@@H](C)/C=C(\C)[C@H](OC(N)=O)[C@@H](OC)/C=C\C=C(/C)C(=O)N2. The second-order valence-electron chi connectivity index (χ2n) is 11.2. The second kappa shape index (κ2) is 17.4. The minimum Gasteiger partial charge on any atom is -0.505 e. The number of fused-ring (bicyclic) bond motifs is 2. The first kappa shape index (κ1) is 37.1. The summed E-state index contributed by atoms with van der Waals surface area (Å²) in [5, 5.41) is 28.2. The smallest absolute Gasteiger partial charge is 0.405 e. The standard InChI is InChI=1S/C33H47N3O9/c1-9-11-27(37)35-24-17-23-29(39)22(31(24)44-8)14-18(2)15-26(43-7)28(38)20(4)16-21(5)30(45-33(34)41)25(42-6)13-10-12-19(3)32(40)36-23/h9-10,12-13,16-18,20,25-26,28,30,38-39H,1,11,14-15H2,2-8H3,(H2,34,41)(H,35,37)(H,36,40)/b13-10-,19-12+,21-16+/t18-,20+,25+,26+,28-,30+/m1/s1. The average molecular weight is 630 g/mol. The van der Waals surface area contributed by atoms with Crippen LogP contribution in [0, 0.1) is 11.8 Å². The van der Waals surface area contributed by atoms with E-state index >= 15 is 0 Å². The van der Waals surface area contributed by atoms with Gasteiger partial charge in [-0.25, -0.2) is 4.79 Å². The monoisotopic (exact) mass is 629 g/mol. The number of methoxy groups -OCH3 is 3. The van der Waals surface area contributed by atoms with Crippen LogP contribution in [-0.4, -0.2) is 73.9 Å². The zero-order valence-corrected chi connectivity index (χ0v) is 27.1. The van der Waals surface area contributed by atoms with Crippen molar-refractivity contribution in [2.75, 3.05) is 32.0 Å². The summed E-state index contributed by atoms with van der Waals surface area (Å²) in [7, 11) is 4.36. The van der Waals surface area contributed by atoms with Gasteiger partial charge in [0.05, 0.1) is 30.7 Å². The Morgan fingerprint density at radius 3 is 2.47 bits per heavy atom. The van der Waals surface area contributed by atoms with Crippen LogP contribution in [0.3, 0.4) is 0 Å². The number of nitrogens with two attached hydrogens (primary N) is 1. The topological polar surface area (TPSA) is 179 Å². The molecule has 0 fully saturated rings. The maximum Gasteiger partial charge on any atom is 0.405 e. The molecule has 45 heavy (non-hydrogen) atoms. The first-order valence-corrected chi connectivity index (χ1v) is 14.7. The lowest BCUT2D eigenvalue weighted by atomic mass is 9.87. The number of phenols is 1. The highest BCUT2D eigenvalue weighted by molar-refractivity contribution is 6.05. The molecule has 6 N–H and O–H groups in total. The van der Waals surface area contributed by atoms with Crippen molar-refractivity contribution in [2.45, 2.75) is 71.4 Å². The molecule has 0 aliphatic carbocycles. The van der Waals surface area contributed by atoms with Gasteiger partial charge >= 0.3 is 6.09 Å². The molecule has 0 radical (unpaired) electrons. The van der Waals surface area contributed by atoms with E-state index in [2.05, 4.69) is 17.2 Å². The molecule has 0 saturated heterocycles. The molecule has 12 nitrogen and oxygen atoms in total. The lowest BCUT2D eigenvalue weighted by molar-refractivity contribution is -0.115. The molecule has 1 aromatic carbocycles. The number of anilines is 2. The summed E-state index contributed by atoms with van der Waals surface area (Å²) >= 11 is 0. The van der Waals surface area contributed by atoms with E-state index < -0.39 is 42.3 Å². The predicted molar refractivity (Wildman–Crippen MR) is 172 cm³/mol. The number of allylic oxidation sites excluding steroid dienone is 2. The summed E-state index contributed by atoms with van der Waals surface area (Å²) in [6.45, 7) is 10.6. The summed E-state index contributed by atoms with van der Waals surface area (Å²) in [5.74, 6) is -1.48. The molecule has 6 atom stereocenters. The Morgan fingerprint density at radius 2 is 1.89 bits per heavy atom. The number of hydrogen-bond donors (Lipinski definition) is 5. The molecule has 12 heteroatoms. The minimum atomic E-state index is -0.999. The number of rotatable bonds is 7.